The van der Waals surface area contributed by atoms with Gasteiger partial charge in [-0.05, 0) is 44.4 Å². The number of benzene rings is 1. The molecule has 2 N–H and O–H groups in total. The fraction of sp³-hybridized carbons (Fsp3) is 0.400. The summed E-state index contributed by atoms with van der Waals surface area (Å²) in [5, 5.41) is 12.4. The van der Waals surface area contributed by atoms with Gasteiger partial charge in [-0.25, -0.2) is 0 Å². The van der Waals surface area contributed by atoms with Gasteiger partial charge in [0.05, 0.1) is 0 Å². The maximum Gasteiger partial charge on any atom is 0.287 e. The van der Waals surface area contributed by atoms with Crippen LogP contribution >= 0.6 is 0 Å². The highest BCUT2D eigenvalue weighted by molar-refractivity contribution is 5.96. The molecule has 19 heavy (non-hydrogen) atoms. The van der Waals surface area contributed by atoms with Gasteiger partial charge in [0.15, 0.2) is 5.76 Å². The van der Waals surface area contributed by atoms with E-state index in [1.54, 1.807) is 6.07 Å². The lowest BCUT2D eigenvalue weighted by Gasteiger charge is -2.01. The van der Waals surface area contributed by atoms with Crippen LogP contribution in [-0.2, 0) is 0 Å². The van der Waals surface area contributed by atoms with E-state index in [1.807, 2.05) is 25.1 Å². The fourth-order valence-electron chi connectivity index (χ4n) is 1.98. The highest BCUT2D eigenvalue weighted by atomic mass is 16.3. The third kappa shape index (κ3) is 3.58. The van der Waals surface area contributed by atoms with Gasteiger partial charge in [0.2, 0.25) is 0 Å². The smallest absolute Gasteiger partial charge is 0.287 e. The van der Waals surface area contributed by atoms with Crippen LogP contribution in [0, 0.1) is 6.92 Å². The zero-order valence-corrected chi connectivity index (χ0v) is 11.1. The molecule has 1 heterocycles. The molecule has 2 rings (SSSR count). The Morgan fingerprint density at radius 3 is 2.89 bits per heavy atom. The van der Waals surface area contributed by atoms with E-state index in [1.165, 1.54) is 0 Å². The summed E-state index contributed by atoms with van der Waals surface area (Å²) in [7, 11) is 0. The minimum Gasteiger partial charge on any atom is -0.451 e. The lowest BCUT2D eigenvalue weighted by atomic mass is 10.2. The third-order valence-corrected chi connectivity index (χ3v) is 3.02. The van der Waals surface area contributed by atoms with E-state index in [-0.39, 0.29) is 12.5 Å². The molecule has 4 nitrogen and oxygen atoms in total. The van der Waals surface area contributed by atoms with Gasteiger partial charge in [-0.1, -0.05) is 11.6 Å². The minimum absolute atomic E-state index is 0.183. The average Bonchev–Trinajstić information content (AvgIpc) is 2.81. The number of nitrogens with one attached hydrogen (secondary N) is 1. The molecule has 0 aliphatic heterocycles. The van der Waals surface area contributed by atoms with Crippen molar-refractivity contribution in [1.29, 1.82) is 0 Å². The summed E-state index contributed by atoms with van der Waals surface area (Å²) in [6.07, 6.45) is 2.56. The van der Waals surface area contributed by atoms with Crippen LogP contribution in [0.25, 0.3) is 11.0 Å². The van der Waals surface area contributed by atoms with Crippen molar-refractivity contribution in [3.8, 4) is 0 Å². The molecule has 0 radical (unpaired) electrons. The number of carbonyl (C=O) groups excluding carboxylic acids is 1. The molecule has 4 heteroatoms. The molecule has 0 aliphatic rings. The SMILES string of the molecule is Cc1ccc2oc(C(=O)NCCCCCO)cc2c1. The summed E-state index contributed by atoms with van der Waals surface area (Å²) in [6, 6.07) is 7.60. The number of unbranched alkanes of at least 4 members (excludes halogenated alkanes) is 2. The molecule has 1 amide bonds. The summed E-state index contributed by atoms with van der Waals surface area (Å²) in [4.78, 5) is 11.9. The molecule has 0 atom stereocenters. The first kappa shape index (κ1) is 13.6. The molecule has 0 saturated heterocycles. The van der Waals surface area contributed by atoms with E-state index < -0.39 is 0 Å². The van der Waals surface area contributed by atoms with E-state index >= 15 is 0 Å². The Hall–Kier alpha value is -1.81. The molecule has 0 bridgehead atoms. The zero-order chi connectivity index (χ0) is 13.7. The molecule has 0 spiro atoms. The molecule has 0 saturated carbocycles. The first-order valence-corrected chi connectivity index (χ1v) is 6.60. The number of rotatable bonds is 6. The fourth-order valence-corrected chi connectivity index (χ4v) is 1.98. The van der Waals surface area contributed by atoms with Crippen LogP contribution in [0.4, 0.5) is 0 Å². The van der Waals surface area contributed by atoms with Gasteiger partial charge < -0.3 is 14.8 Å². The third-order valence-electron chi connectivity index (χ3n) is 3.02. The lowest BCUT2D eigenvalue weighted by molar-refractivity contribution is 0.0927. The molecule has 1 aromatic heterocycles. The number of aliphatic hydroxyl groups is 1. The van der Waals surface area contributed by atoms with Crippen LogP contribution in [-0.4, -0.2) is 24.2 Å². The molecule has 102 valence electrons. The largest absolute Gasteiger partial charge is 0.451 e. The predicted octanol–water partition coefficient (Wildman–Crippen LogP) is 2.63. The van der Waals surface area contributed by atoms with Gasteiger partial charge in [0, 0.05) is 18.5 Å². The number of hydrogen-bond donors (Lipinski definition) is 2. The van der Waals surface area contributed by atoms with Gasteiger partial charge in [-0.3, -0.25) is 4.79 Å². The Kier molecular flexibility index (Phi) is 4.58. The second-order valence-electron chi connectivity index (χ2n) is 4.69. The maximum absolute atomic E-state index is 11.9. The molecule has 0 fully saturated rings. The van der Waals surface area contributed by atoms with Crippen molar-refractivity contribution in [3.05, 3.63) is 35.6 Å². The van der Waals surface area contributed by atoms with E-state index in [0.717, 1.165) is 35.8 Å². The number of aryl methyl sites for hydroxylation is 1. The molecule has 0 aliphatic carbocycles. The normalized spacial score (nSPS) is 10.8. The summed E-state index contributed by atoms with van der Waals surface area (Å²) in [5.41, 5.74) is 1.88. The number of furan rings is 1. The zero-order valence-electron chi connectivity index (χ0n) is 11.1. The monoisotopic (exact) mass is 261 g/mol. The molecular formula is C15H19NO3. The Morgan fingerprint density at radius 1 is 1.26 bits per heavy atom. The van der Waals surface area contributed by atoms with Crippen molar-refractivity contribution in [2.75, 3.05) is 13.2 Å². The first-order valence-electron chi connectivity index (χ1n) is 6.60. The summed E-state index contributed by atoms with van der Waals surface area (Å²) >= 11 is 0. The van der Waals surface area contributed by atoms with Gasteiger partial charge in [0.1, 0.15) is 5.58 Å². The summed E-state index contributed by atoms with van der Waals surface area (Å²) in [5.74, 6) is 0.167. The van der Waals surface area contributed by atoms with Crippen LogP contribution in [0.15, 0.2) is 28.7 Å². The average molecular weight is 261 g/mol. The van der Waals surface area contributed by atoms with Crippen molar-refractivity contribution in [2.24, 2.45) is 0 Å². The van der Waals surface area contributed by atoms with Gasteiger partial charge >= 0.3 is 0 Å². The Morgan fingerprint density at radius 2 is 2.11 bits per heavy atom. The summed E-state index contributed by atoms with van der Waals surface area (Å²) in [6.45, 7) is 2.82. The van der Waals surface area contributed by atoms with Gasteiger partial charge in [-0.15, -0.1) is 0 Å². The lowest BCUT2D eigenvalue weighted by Crippen LogP contribution is -2.23. The van der Waals surface area contributed by atoms with E-state index in [2.05, 4.69) is 5.32 Å². The number of hydrogen-bond acceptors (Lipinski definition) is 3. The van der Waals surface area contributed by atoms with Gasteiger partial charge in [-0.2, -0.15) is 0 Å². The Balaban J connectivity index is 1.94. The van der Waals surface area contributed by atoms with E-state index in [0.29, 0.717) is 12.3 Å². The van der Waals surface area contributed by atoms with Crippen LogP contribution in [0.1, 0.15) is 35.4 Å². The summed E-state index contributed by atoms with van der Waals surface area (Å²) < 4.78 is 5.51. The topological polar surface area (TPSA) is 62.5 Å². The standard InChI is InChI=1S/C15H19NO3/c1-11-5-6-13-12(9-11)10-14(19-13)15(18)16-7-3-2-4-8-17/h5-6,9-10,17H,2-4,7-8H2,1H3,(H,16,18). The first-order chi connectivity index (χ1) is 9.20. The van der Waals surface area contributed by atoms with Crippen molar-refractivity contribution >= 4 is 16.9 Å². The van der Waals surface area contributed by atoms with Crippen LogP contribution in [0.3, 0.4) is 0 Å². The predicted molar refractivity (Wildman–Crippen MR) is 74.2 cm³/mol. The van der Waals surface area contributed by atoms with Gasteiger partial charge in [0.25, 0.3) is 5.91 Å². The van der Waals surface area contributed by atoms with Crippen LogP contribution < -0.4 is 5.32 Å². The maximum atomic E-state index is 11.9. The molecule has 0 unspecified atom stereocenters. The van der Waals surface area contributed by atoms with Crippen molar-refractivity contribution in [3.63, 3.8) is 0 Å². The molecule has 2 aromatic rings. The Labute approximate surface area is 112 Å². The van der Waals surface area contributed by atoms with Crippen molar-refractivity contribution in [2.45, 2.75) is 26.2 Å². The van der Waals surface area contributed by atoms with Crippen LogP contribution in [0.5, 0.6) is 0 Å². The second-order valence-corrected chi connectivity index (χ2v) is 4.69. The van der Waals surface area contributed by atoms with Crippen molar-refractivity contribution in [1.82, 2.24) is 5.32 Å². The van der Waals surface area contributed by atoms with Crippen LogP contribution in [0.2, 0.25) is 0 Å². The van der Waals surface area contributed by atoms with Crippen molar-refractivity contribution < 1.29 is 14.3 Å². The number of aliphatic hydroxyl groups excluding tert-OH is 1. The quantitative estimate of drug-likeness (QED) is 0.786. The number of amides is 1. The van der Waals surface area contributed by atoms with E-state index in [4.69, 9.17) is 9.52 Å². The molecule has 1 aromatic carbocycles. The number of carbonyl (C=O) groups is 1. The number of fused-ring (bicyclic) bond motifs is 1. The van der Waals surface area contributed by atoms with E-state index in [9.17, 15) is 4.79 Å². The molecular weight excluding hydrogens is 242 g/mol. The minimum atomic E-state index is -0.183. The second kappa shape index (κ2) is 6.38. The highest BCUT2D eigenvalue weighted by Gasteiger charge is 2.11. The highest BCUT2D eigenvalue weighted by Crippen LogP contribution is 2.20. The Bertz CT molecular complexity index is 560.